The van der Waals surface area contributed by atoms with Gasteiger partial charge >= 0.3 is 0 Å². The lowest BCUT2D eigenvalue weighted by atomic mass is 9.80. The first-order chi connectivity index (χ1) is 9.99. The van der Waals surface area contributed by atoms with Gasteiger partial charge in [0.25, 0.3) is 0 Å². The third-order valence-electron chi connectivity index (χ3n) is 3.94. The minimum Gasteiger partial charge on any atom is -0.492 e. The van der Waals surface area contributed by atoms with E-state index in [1.807, 2.05) is 18.2 Å². The summed E-state index contributed by atoms with van der Waals surface area (Å²) in [7, 11) is 0. The van der Waals surface area contributed by atoms with E-state index in [0.717, 1.165) is 12.3 Å². The second-order valence-electron chi connectivity index (χ2n) is 6.66. The summed E-state index contributed by atoms with van der Waals surface area (Å²) < 4.78 is 5.86. The third kappa shape index (κ3) is 6.34. The molecule has 118 valence electrons. The van der Waals surface area contributed by atoms with Gasteiger partial charge in [-0.2, -0.15) is 0 Å². The Balaban J connectivity index is 2.52. The molecule has 1 saturated heterocycles. The van der Waals surface area contributed by atoms with Gasteiger partial charge in [-0.1, -0.05) is 58.6 Å². The summed E-state index contributed by atoms with van der Waals surface area (Å²) in [4.78, 5) is 2.59. The van der Waals surface area contributed by atoms with Crippen LogP contribution in [-0.2, 0) is 4.74 Å². The maximum atomic E-state index is 5.86. The van der Waals surface area contributed by atoms with Gasteiger partial charge in [-0.05, 0) is 37.0 Å². The van der Waals surface area contributed by atoms with Crippen molar-refractivity contribution in [3.63, 3.8) is 0 Å². The number of rotatable bonds is 7. The minimum absolute atomic E-state index is 0.336. The summed E-state index contributed by atoms with van der Waals surface area (Å²) in [5.41, 5.74) is 0.336. The smallest absolute Gasteiger partial charge is 0.119 e. The van der Waals surface area contributed by atoms with Crippen LogP contribution in [0.2, 0.25) is 0 Å². The van der Waals surface area contributed by atoms with E-state index in [4.69, 9.17) is 4.74 Å². The summed E-state index contributed by atoms with van der Waals surface area (Å²) in [6.45, 7) is 17.3. The molecule has 0 aromatic rings. The van der Waals surface area contributed by atoms with Gasteiger partial charge in [-0.15, -0.1) is 0 Å². The zero-order valence-corrected chi connectivity index (χ0v) is 14.0. The molecule has 0 radical (unpaired) electrons. The van der Waals surface area contributed by atoms with E-state index < -0.39 is 0 Å². The quantitative estimate of drug-likeness (QED) is 0.497. The van der Waals surface area contributed by atoms with Gasteiger partial charge in [0.05, 0.1) is 0 Å². The lowest BCUT2D eigenvalue weighted by molar-refractivity contribution is 0.0444. The SMILES string of the molecule is C=C/C=C\C(=C/C=C)OCCN1CCCCC1C(C)(C)C. The average Bonchev–Trinajstić information content (AvgIpc) is 2.44. The predicted octanol–water partition coefficient (Wildman–Crippen LogP) is 4.72. The Kier molecular flexibility index (Phi) is 7.52. The van der Waals surface area contributed by atoms with Crippen LogP contribution in [0.25, 0.3) is 0 Å². The molecule has 0 N–H and O–H groups in total. The van der Waals surface area contributed by atoms with E-state index in [9.17, 15) is 0 Å². The highest BCUT2D eigenvalue weighted by atomic mass is 16.5. The van der Waals surface area contributed by atoms with E-state index >= 15 is 0 Å². The van der Waals surface area contributed by atoms with Crippen LogP contribution in [0, 0.1) is 5.41 Å². The highest BCUT2D eigenvalue weighted by Gasteiger charge is 2.31. The largest absolute Gasteiger partial charge is 0.492 e. The van der Waals surface area contributed by atoms with E-state index in [2.05, 4.69) is 38.8 Å². The summed E-state index contributed by atoms with van der Waals surface area (Å²) in [6.07, 6.45) is 13.1. The highest BCUT2D eigenvalue weighted by Crippen LogP contribution is 2.31. The number of nitrogens with zero attached hydrogens (tertiary/aromatic N) is 1. The van der Waals surface area contributed by atoms with Crippen molar-refractivity contribution in [2.75, 3.05) is 19.7 Å². The fourth-order valence-corrected chi connectivity index (χ4v) is 2.95. The van der Waals surface area contributed by atoms with Gasteiger partial charge in [0.15, 0.2) is 0 Å². The molecule has 1 unspecified atom stereocenters. The van der Waals surface area contributed by atoms with Crippen molar-refractivity contribution in [2.45, 2.75) is 46.1 Å². The predicted molar refractivity (Wildman–Crippen MR) is 92.2 cm³/mol. The molecule has 1 atom stereocenters. The van der Waals surface area contributed by atoms with E-state index in [1.165, 1.54) is 25.8 Å². The molecule has 0 saturated carbocycles. The number of ether oxygens (including phenoxy) is 1. The fraction of sp³-hybridized carbons (Fsp3) is 0.579. The third-order valence-corrected chi connectivity index (χ3v) is 3.94. The normalized spacial score (nSPS) is 21.5. The first kappa shape index (κ1) is 17.8. The lowest BCUT2D eigenvalue weighted by Crippen LogP contribution is -2.48. The molecule has 1 fully saturated rings. The zero-order chi connectivity index (χ0) is 15.7. The lowest BCUT2D eigenvalue weighted by Gasteiger charge is -2.43. The molecule has 2 heteroatoms. The molecule has 1 aliphatic rings. The van der Waals surface area contributed by atoms with Gasteiger partial charge in [0.2, 0.25) is 0 Å². The summed E-state index contributed by atoms with van der Waals surface area (Å²) >= 11 is 0. The monoisotopic (exact) mass is 289 g/mol. The standard InChI is InChI=1S/C19H31NO/c1-6-8-12-17(11-7-2)21-16-15-20-14-10-9-13-18(20)19(3,4)5/h6-8,11-12,18H,1-2,9-10,13-16H2,3-5H3/b12-8-,17-11+. The fourth-order valence-electron chi connectivity index (χ4n) is 2.95. The molecule has 21 heavy (non-hydrogen) atoms. The molecule has 0 bridgehead atoms. The van der Waals surface area contributed by atoms with Crippen LogP contribution < -0.4 is 0 Å². The topological polar surface area (TPSA) is 12.5 Å². The molecular weight excluding hydrogens is 258 g/mol. The molecule has 2 nitrogen and oxygen atoms in total. The van der Waals surface area contributed by atoms with Gasteiger partial charge < -0.3 is 4.74 Å². The number of allylic oxidation sites excluding steroid dienone is 5. The molecule has 1 rings (SSSR count). The van der Waals surface area contributed by atoms with Crippen LogP contribution in [0.5, 0.6) is 0 Å². The summed E-state index contributed by atoms with van der Waals surface area (Å²) in [5, 5.41) is 0. The van der Waals surface area contributed by atoms with E-state index in [0.29, 0.717) is 18.1 Å². The Morgan fingerprint density at radius 1 is 1.24 bits per heavy atom. The van der Waals surface area contributed by atoms with Crippen LogP contribution in [0.4, 0.5) is 0 Å². The van der Waals surface area contributed by atoms with Crippen molar-refractivity contribution in [3.8, 4) is 0 Å². The number of likely N-dealkylation sites (tertiary alicyclic amines) is 1. The second kappa shape index (κ2) is 8.89. The van der Waals surface area contributed by atoms with Crippen LogP contribution >= 0.6 is 0 Å². The Morgan fingerprint density at radius 3 is 2.62 bits per heavy atom. The van der Waals surface area contributed by atoms with Crippen LogP contribution in [-0.4, -0.2) is 30.6 Å². The van der Waals surface area contributed by atoms with E-state index in [1.54, 1.807) is 12.2 Å². The zero-order valence-electron chi connectivity index (χ0n) is 14.0. The molecule has 0 aromatic heterocycles. The summed E-state index contributed by atoms with van der Waals surface area (Å²) in [5.74, 6) is 0.842. The number of piperidine rings is 1. The highest BCUT2D eigenvalue weighted by molar-refractivity contribution is 5.19. The molecule has 1 heterocycles. The van der Waals surface area contributed by atoms with Crippen molar-refractivity contribution in [2.24, 2.45) is 5.41 Å². The molecule has 0 amide bonds. The van der Waals surface area contributed by atoms with Gasteiger partial charge in [-0.3, -0.25) is 4.90 Å². The van der Waals surface area contributed by atoms with Crippen molar-refractivity contribution in [1.29, 1.82) is 0 Å². The molecular formula is C19H31NO. The molecule has 0 aromatic carbocycles. The Labute approximate surface area is 130 Å². The number of hydrogen-bond acceptors (Lipinski definition) is 2. The van der Waals surface area contributed by atoms with Crippen LogP contribution in [0.1, 0.15) is 40.0 Å². The summed E-state index contributed by atoms with van der Waals surface area (Å²) in [6, 6.07) is 0.658. The molecule has 0 aliphatic carbocycles. The molecule has 0 spiro atoms. The maximum Gasteiger partial charge on any atom is 0.119 e. The van der Waals surface area contributed by atoms with Crippen molar-refractivity contribution in [1.82, 2.24) is 4.90 Å². The van der Waals surface area contributed by atoms with Gasteiger partial charge in [0.1, 0.15) is 12.4 Å². The molecule has 1 aliphatic heterocycles. The van der Waals surface area contributed by atoms with Crippen LogP contribution in [0.3, 0.4) is 0 Å². The Bertz CT molecular complexity index is 387. The van der Waals surface area contributed by atoms with Crippen molar-refractivity contribution < 1.29 is 4.74 Å². The van der Waals surface area contributed by atoms with Crippen LogP contribution in [0.15, 0.2) is 49.3 Å². The average molecular weight is 289 g/mol. The second-order valence-corrected chi connectivity index (χ2v) is 6.66. The maximum absolute atomic E-state index is 5.86. The van der Waals surface area contributed by atoms with Crippen molar-refractivity contribution in [3.05, 3.63) is 49.3 Å². The Morgan fingerprint density at radius 2 is 2.00 bits per heavy atom. The van der Waals surface area contributed by atoms with Gasteiger partial charge in [0, 0.05) is 12.6 Å². The number of hydrogen-bond donors (Lipinski definition) is 0. The van der Waals surface area contributed by atoms with Crippen molar-refractivity contribution >= 4 is 0 Å². The van der Waals surface area contributed by atoms with E-state index in [-0.39, 0.29) is 0 Å². The first-order valence-electron chi connectivity index (χ1n) is 7.97. The Hall–Kier alpha value is -1.28. The first-order valence-corrected chi connectivity index (χ1v) is 7.97. The minimum atomic E-state index is 0.336. The van der Waals surface area contributed by atoms with Gasteiger partial charge in [-0.25, -0.2) is 0 Å².